The van der Waals surface area contributed by atoms with E-state index in [1.54, 1.807) is 0 Å². The van der Waals surface area contributed by atoms with Crippen LogP contribution in [0.25, 0.3) is 0 Å². The number of hydrogen-bond acceptors (Lipinski definition) is 2. The minimum Gasteiger partial charge on any atom is -0.392 e. The minimum absolute atomic E-state index is 0.193. The summed E-state index contributed by atoms with van der Waals surface area (Å²) in [4.78, 5) is 2.45. The normalized spacial score (nSPS) is 25.3. The van der Waals surface area contributed by atoms with Gasteiger partial charge in [0.25, 0.3) is 0 Å². The van der Waals surface area contributed by atoms with E-state index in [1.165, 1.54) is 12.0 Å². The summed E-state index contributed by atoms with van der Waals surface area (Å²) < 4.78 is 0. The highest BCUT2D eigenvalue weighted by Gasteiger charge is 2.42. The Morgan fingerprint density at radius 3 is 2.53 bits per heavy atom. The molecule has 0 heterocycles. The average molecular weight is 261 g/mol. The van der Waals surface area contributed by atoms with E-state index in [4.69, 9.17) is 0 Å². The maximum atomic E-state index is 10.2. The second kappa shape index (κ2) is 6.53. The van der Waals surface area contributed by atoms with Crippen molar-refractivity contribution >= 4 is 0 Å². The molecule has 0 aromatic heterocycles. The molecule has 4 atom stereocenters. The van der Waals surface area contributed by atoms with Crippen LogP contribution in [0.1, 0.15) is 45.1 Å². The van der Waals surface area contributed by atoms with Crippen LogP contribution in [0, 0.1) is 5.92 Å². The molecule has 2 nitrogen and oxygen atoms in total. The van der Waals surface area contributed by atoms with Gasteiger partial charge in [0.1, 0.15) is 0 Å². The summed E-state index contributed by atoms with van der Waals surface area (Å²) in [6.45, 7) is 8.33. The fourth-order valence-corrected chi connectivity index (χ4v) is 2.83. The van der Waals surface area contributed by atoms with Crippen molar-refractivity contribution in [2.45, 2.75) is 51.7 Å². The number of aliphatic hydroxyl groups is 1. The van der Waals surface area contributed by atoms with Crippen molar-refractivity contribution < 1.29 is 5.11 Å². The fraction of sp³-hybridized carbons (Fsp3) is 0.647. The van der Waals surface area contributed by atoms with Crippen molar-refractivity contribution in [3.63, 3.8) is 0 Å². The van der Waals surface area contributed by atoms with E-state index >= 15 is 0 Å². The van der Waals surface area contributed by atoms with E-state index in [0.29, 0.717) is 17.9 Å². The van der Waals surface area contributed by atoms with E-state index in [2.05, 4.69) is 56.0 Å². The summed E-state index contributed by atoms with van der Waals surface area (Å²) >= 11 is 0. The lowest BCUT2D eigenvalue weighted by Crippen LogP contribution is -2.37. The van der Waals surface area contributed by atoms with Crippen LogP contribution in [0.2, 0.25) is 0 Å². The predicted octanol–water partition coefficient (Wildman–Crippen LogP) is 3.27. The smallest absolute Gasteiger partial charge is 0.0692 e. The van der Waals surface area contributed by atoms with Gasteiger partial charge in [-0.15, -0.1) is 0 Å². The Morgan fingerprint density at radius 1 is 1.26 bits per heavy atom. The zero-order valence-electron chi connectivity index (χ0n) is 12.4. The highest BCUT2D eigenvalue weighted by Crippen LogP contribution is 2.44. The zero-order chi connectivity index (χ0) is 13.8. The van der Waals surface area contributed by atoms with Crippen molar-refractivity contribution in [2.75, 3.05) is 13.1 Å². The largest absolute Gasteiger partial charge is 0.392 e. The maximum Gasteiger partial charge on any atom is 0.0692 e. The molecule has 2 rings (SSSR count). The van der Waals surface area contributed by atoms with Gasteiger partial charge >= 0.3 is 0 Å². The zero-order valence-corrected chi connectivity index (χ0v) is 12.4. The van der Waals surface area contributed by atoms with Gasteiger partial charge in [-0.1, -0.05) is 57.5 Å². The standard InChI is InChI=1S/C17H27NO/c1-4-13(3)17(19)12-18(5-2)16-11-15(16)14-9-7-6-8-10-14/h6-10,13,15-17,19H,4-5,11-12H2,1-3H3. The lowest BCUT2D eigenvalue weighted by atomic mass is 10.0. The van der Waals surface area contributed by atoms with Crippen molar-refractivity contribution in [1.82, 2.24) is 4.90 Å². The lowest BCUT2D eigenvalue weighted by molar-refractivity contribution is 0.0667. The number of rotatable bonds is 7. The first kappa shape index (κ1) is 14.5. The third kappa shape index (κ3) is 3.58. The molecule has 4 unspecified atom stereocenters. The van der Waals surface area contributed by atoms with Gasteiger partial charge in [-0.25, -0.2) is 0 Å². The van der Waals surface area contributed by atoms with E-state index in [0.717, 1.165) is 19.5 Å². The molecule has 0 spiro atoms. The number of likely N-dealkylation sites (N-methyl/N-ethyl adjacent to an activating group) is 1. The maximum absolute atomic E-state index is 10.2. The first-order valence-corrected chi connectivity index (χ1v) is 7.64. The summed E-state index contributed by atoms with van der Waals surface area (Å²) in [6, 6.07) is 11.4. The monoisotopic (exact) mass is 261 g/mol. The van der Waals surface area contributed by atoms with Crippen molar-refractivity contribution in [3.05, 3.63) is 35.9 Å². The summed E-state index contributed by atoms with van der Waals surface area (Å²) in [5.41, 5.74) is 1.45. The molecule has 1 fully saturated rings. The lowest BCUT2D eigenvalue weighted by Gasteiger charge is -2.27. The Kier molecular flexibility index (Phi) is 5.00. The van der Waals surface area contributed by atoms with Crippen molar-refractivity contribution in [3.8, 4) is 0 Å². The van der Waals surface area contributed by atoms with E-state index < -0.39 is 0 Å². The molecule has 19 heavy (non-hydrogen) atoms. The highest BCUT2D eigenvalue weighted by atomic mass is 16.3. The molecule has 106 valence electrons. The summed E-state index contributed by atoms with van der Waals surface area (Å²) in [7, 11) is 0. The molecular weight excluding hydrogens is 234 g/mol. The third-order valence-corrected chi connectivity index (χ3v) is 4.58. The van der Waals surface area contributed by atoms with Gasteiger partial charge in [-0.2, -0.15) is 0 Å². The molecule has 0 saturated heterocycles. The van der Waals surface area contributed by atoms with Crippen LogP contribution in [0.5, 0.6) is 0 Å². The Bertz CT molecular complexity index is 378. The van der Waals surface area contributed by atoms with Crippen LogP contribution in [0.15, 0.2) is 30.3 Å². The molecule has 2 heteroatoms. The molecular formula is C17H27NO. The molecule has 1 saturated carbocycles. The second-order valence-corrected chi connectivity index (χ2v) is 5.86. The van der Waals surface area contributed by atoms with Crippen LogP contribution in [-0.4, -0.2) is 35.2 Å². The van der Waals surface area contributed by atoms with Gasteiger partial charge in [-0.3, -0.25) is 4.90 Å². The van der Waals surface area contributed by atoms with Crippen molar-refractivity contribution in [1.29, 1.82) is 0 Å². The Balaban J connectivity index is 1.91. The molecule has 1 aromatic rings. The van der Waals surface area contributed by atoms with Gasteiger partial charge in [0.15, 0.2) is 0 Å². The quantitative estimate of drug-likeness (QED) is 0.814. The van der Waals surface area contributed by atoms with E-state index in [9.17, 15) is 5.11 Å². The fourth-order valence-electron chi connectivity index (χ4n) is 2.83. The number of nitrogens with zero attached hydrogens (tertiary/aromatic N) is 1. The SMILES string of the molecule is CCC(C)C(O)CN(CC)C1CC1c1ccccc1. The molecule has 0 amide bonds. The molecule has 1 aromatic carbocycles. The van der Waals surface area contributed by atoms with Gasteiger partial charge in [0.05, 0.1) is 6.10 Å². The Morgan fingerprint density at radius 2 is 1.95 bits per heavy atom. The minimum atomic E-state index is -0.193. The molecule has 1 N–H and O–H groups in total. The topological polar surface area (TPSA) is 23.5 Å². The Hall–Kier alpha value is -0.860. The highest BCUT2D eigenvalue weighted by molar-refractivity contribution is 5.27. The van der Waals surface area contributed by atoms with Gasteiger partial charge in [0, 0.05) is 18.5 Å². The van der Waals surface area contributed by atoms with E-state index in [-0.39, 0.29) is 6.10 Å². The van der Waals surface area contributed by atoms with Gasteiger partial charge < -0.3 is 5.11 Å². The Labute approximate surface area is 117 Å². The first-order valence-electron chi connectivity index (χ1n) is 7.64. The first-order chi connectivity index (χ1) is 9.17. The number of hydrogen-bond donors (Lipinski definition) is 1. The number of benzene rings is 1. The van der Waals surface area contributed by atoms with Crippen LogP contribution in [-0.2, 0) is 0 Å². The summed E-state index contributed by atoms with van der Waals surface area (Å²) in [5, 5.41) is 10.2. The van der Waals surface area contributed by atoms with Crippen LogP contribution < -0.4 is 0 Å². The molecule has 0 radical (unpaired) electrons. The summed E-state index contributed by atoms with van der Waals surface area (Å²) in [6.07, 6.45) is 2.10. The molecule has 0 aliphatic heterocycles. The van der Waals surface area contributed by atoms with Gasteiger partial charge in [-0.05, 0) is 24.4 Å². The van der Waals surface area contributed by atoms with Gasteiger partial charge in [0.2, 0.25) is 0 Å². The van der Waals surface area contributed by atoms with Crippen molar-refractivity contribution in [2.24, 2.45) is 5.92 Å². The second-order valence-electron chi connectivity index (χ2n) is 5.86. The van der Waals surface area contributed by atoms with Crippen LogP contribution >= 0.6 is 0 Å². The van der Waals surface area contributed by atoms with Crippen LogP contribution in [0.3, 0.4) is 0 Å². The molecule has 1 aliphatic carbocycles. The molecule has 1 aliphatic rings. The van der Waals surface area contributed by atoms with E-state index in [1.807, 2.05) is 0 Å². The molecule has 0 bridgehead atoms. The summed E-state index contributed by atoms with van der Waals surface area (Å²) in [5.74, 6) is 1.06. The third-order valence-electron chi connectivity index (χ3n) is 4.58. The number of aliphatic hydroxyl groups excluding tert-OH is 1. The predicted molar refractivity (Wildman–Crippen MR) is 80.3 cm³/mol. The average Bonchev–Trinajstić information content (AvgIpc) is 3.24. The van der Waals surface area contributed by atoms with Crippen LogP contribution in [0.4, 0.5) is 0 Å².